The molecular formula is C48H53N3O6S2. The van der Waals surface area contributed by atoms with Gasteiger partial charge in [0.25, 0.3) is 16.0 Å². The van der Waals surface area contributed by atoms with E-state index in [0.29, 0.717) is 39.0 Å². The molecule has 0 aromatic heterocycles. The molecule has 0 saturated heterocycles. The minimum Gasteiger partial charge on any atom is -0.453 e. The molecule has 0 unspecified atom stereocenters. The number of aromatic nitrogens is 1. The zero-order valence-electron chi connectivity index (χ0n) is 33.8. The summed E-state index contributed by atoms with van der Waals surface area (Å²) >= 11 is 1.46. The zero-order valence-corrected chi connectivity index (χ0v) is 35.5. The molecule has 3 N–H and O–H groups in total. The van der Waals surface area contributed by atoms with Crippen LogP contribution in [0.25, 0.3) is 33.7 Å². The molecule has 1 saturated carbocycles. The van der Waals surface area contributed by atoms with Crippen LogP contribution < -0.4 is 16.1 Å². The first-order valence-corrected chi connectivity index (χ1v) is 23.4. The molecule has 0 bridgehead atoms. The van der Waals surface area contributed by atoms with Crippen molar-refractivity contribution >= 4 is 50.3 Å². The Balaban J connectivity index is 1.11. The molecule has 0 spiro atoms. The number of fused-ring (bicyclic) bond motifs is 2. The molecule has 4 aromatic carbocycles. The van der Waals surface area contributed by atoms with Crippen LogP contribution in [0.15, 0.2) is 116 Å². The van der Waals surface area contributed by atoms with Gasteiger partial charge in [0.2, 0.25) is 0 Å². The average molecular weight is 832 g/mol. The van der Waals surface area contributed by atoms with E-state index in [1.54, 1.807) is 6.07 Å². The Kier molecular flexibility index (Phi) is 13.9. The second-order valence-corrected chi connectivity index (χ2v) is 18.5. The van der Waals surface area contributed by atoms with Crippen molar-refractivity contribution in [2.24, 2.45) is 5.92 Å². The third-order valence-corrected chi connectivity index (χ3v) is 13.1. The SMILES string of the molecule is CCCCCC1CCC(c2ccc(-c3ccc(Sc4cc(NCCS(=O)(=O)O)cc5oc6cc(=O)c(C(=O)Nc7ccc(CCCC)cc7)cc-6nc45)cc3)cc2)CC1. The van der Waals surface area contributed by atoms with E-state index in [-0.39, 0.29) is 17.9 Å². The number of nitrogens with zero attached hydrogens (tertiary/aromatic N) is 1. The Morgan fingerprint density at radius 1 is 0.831 bits per heavy atom. The summed E-state index contributed by atoms with van der Waals surface area (Å²) in [6.07, 6.45) is 13.7. The molecular weight excluding hydrogens is 779 g/mol. The summed E-state index contributed by atoms with van der Waals surface area (Å²) in [6.45, 7) is 4.38. The van der Waals surface area contributed by atoms with Gasteiger partial charge >= 0.3 is 0 Å². The van der Waals surface area contributed by atoms with Crippen LogP contribution in [0.1, 0.15) is 105 Å². The first-order chi connectivity index (χ1) is 28.5. The summed E-state index contributed by atoms with van der Waals surface area (Å²) in [7, 11) is -4.18. The van der Waals surface area contributed by atoms with Gasteiger partial charge in [-0.15, -0.1) is 0 Å². The van der Waals surface area contributed by atoms with E-state index in [9.17, 15) is 22.6 Å². The predicted octanol–water partition coefficient (Wildman–Crippen LogP) is 11.9. The van der Waals surface area contributed by atoms with Crippen LogP contribution in [0.2, 0.25) is 0 Å². The fraction of sp³-hybridized carbons (Fsp3) is 0.354. The van der Waals surface area contributed by atoms with Crippen molar-refractivity contribution in [3.63, 3.8) is 0 Å². The zero-order chi connectivity index (χ0) is 41.4. The number of hydrogen-bond acceptors (Lipinski definition) is 8. The maximum atomic E-state index is 13.3. The van der Waals surface area contributed by atoms with Gasteiger partial charge in [-0.25, -0.2) is 4.98 Å². The van der Waals surface area contributed by atoms with Crippen LogP contribution in [0.4, 0.5) is 11.4 Å². The minimum absolute atomic E-state index is 0.0338. The number of anilines is 2. The predicted molar refractivity (Wildman–Crippen MR) is 240 cm³/mol. The number of carbonyl (C=O) groups excluding carboxylic acids is 1. The van der Waals surface area contributed by atoms with Crippen LogP contribution in [-0.4, -0.2) is 36.2 Å². The maximum Gasteiger partial charge on any atom is 0.266 e. The lowest BCUT2D eigenvalue weighted by molar-refractivity contribution is 0.102. The Hall–Kier alpha value is -4.97. The largest absolute Gasteiger partial charge is 0.453 e. The van der Waals surface area contributed by atoms with Crippen LogP contribution in [0.3, 0.4) is 0 Å². The summed E-state index contributed by atoms with van der Waals surface area (Å²) in [5, 5.41) is 5.89. The first-order valence-electron chi connectivity index (χ1n) is 21.0. The van der Waals surface area contributed by atoms with E-state index >= 15 is 0 Å². The number of benzene rings is 5. The lowest BCUT2D eigenvalue weighted by Crippen LogP contribution is -2.21. The third kappa shape index (κ3) is 11.2. The van der Waals surface area contributed by atoms with E-state index in [2.05, 4.69) is 73.0 Å². The molecule has 1 heterocycles. The van der Waals surface area contributed by atoms with E-state index in [0.717, 1.165) is 41.2 Å². The number of rotatable bonds is 17. The normalized spacial score (nSPS) is 15.7. The van der Waals surface area contributed by atoms with Gasteiger partial charge in [0, 0.05) is 39.8 Å². The fourth-order valence-corrected chi connectivity index (χ4v) is 9.32. The molecule has 1 amide bonds. The number of amides is 1. The maximum absolute atomic E-state index is 13.3. The lowest BCUT2D eigenvalue weighted by Gasteiger charge is -2.29. The molecule has 4 aromatic rings. The number of unbranched alkanes of at least 4 members (excludes halogenated alkanes) is 3. The third-order valence-electron chi connectivity index (χ3n) is 11.4. The summed E-state index contributed by atoms with van der Waals surface area (Å²) in [4.78, 5) is 33.1. The van der Waals surface area contributed by atoms with Gasteiger partial charge in [0.1, 0.15) is 11.2 Å². The van der Waals surface area contributed by atoms with Gasteiger partial charge in [0.05, 0.1) is 11.3 Å². The number of hydrogen-bond donors (Lipinski definition) is 3. The smallest absolute Gasteiger partial charge is 0.266 e. The van der Waals surface area contributed by atoms with Crippen molar-refractivity contribution in [1.82, 2.24) is 4.98 Å². The van der Waals surface area contributed by atoms with E-state index in [1.165, 1.54) is 86.4 Å². The summed E-state index contributed by atoms with van der Waals surface area (Å²) in [6, 6.07) is 31.2. The highest BCUT2D eigenvalue weighted by Gasteiger charge is 2.23. The van der Waals surface area contributed by atoms with Gasteiger partial charge in [-0.3, -0.25) is 14.1 Å². The van der Waals surface area contributed by atoms with Gasteiger partial charge in [-0.1, -0.05) is 106 Å². The van der Waals surface area contributed by atoms with Crippen molar-refractivity contribution in [2.75, 3.05) is 22.9 Å². The van der Waals surface area contributed by atoms with Crippen LogP contribution >= 0.6 is 11.8 Å². The topological polar surface area (TPSA) is 139 Å². The molecule has 59 heavy (non-hydrogen) atoms. The van der Waals surface area contributed by atoms with Crippen LogP contribution in [0.5, 0.6) is 0 Å². The van der Waals surface area contributed by atoms with Gasteiger partial charge in [-0.2, -0.15) is 8.42 Å². The first kappa shape index (κ1) is 42.2. The molecule has 3 aliphatic rings. The molecule has 0 radical (unpaired) electrons. The van der Waals surface area contributed by atoms with Crippen molar-refractivity contribution < 1.29 is 22.2 Å². The summed E-state index contributed by atoms with van der Waals surface area (Å²) in [5.41, 5.74) is 6.66. The quantitative estimate of drug-likeness (QED) is 0.0466. The van der Waals surface area contributed by atoms with Gasteiger partial charge in [0.15, 0.2) is 16.8 Å². The standard InChI is InChI=1S/C48H53N3O6S2/c1-3-5-7-9-33-10-14-34(15-11-33)35-16-18-36(19-17-35)37-20-24-40(25-21-37)58-46-29-39(49-26-27-59(54,55)56)28-45-47(46)51-42-30-41(43(52)31-44(42)57-45)48(53)50-38-22-12-32(13-23-38)8-6-4-2/h12-13,16-25,28-31,33-34,49H,3-11,14-15,26-27H2,1-2H3,(H,50,53)(H,54,55,56). The monoisotopic (exact) mass is 831 g/mol. The van der Waals surface area contributed by atoms with Crippen molar-refractivity contribution in [3.05, 3.63) is 124 Å². The Labute approximate surface area is 351 Å². The van der Waals surface area contributed by atoms with E-state index in [1.807, 2.05) is 30.3 Å². The fourth-order valence-electron chi connectivity index (χ4n) is 8.00. The van der Waals surface area contributed by atoms with Crippen molar-refractivity contribution in [3.8, 4) is 22.6 Å². The molecule has 1 aliphatic heterocycles. The Morgan fingerprint density at radius 3 is 2.20 bits per heavy atom. The highest BCUT2D eigenvalue weighted by molar-refractivity contribution is 7.99. The minimum atomic E-state index is -4.18. The Bertz CT molecular complexity index is 2490. The number of nitrogens with one attached hydrogen (secondary N) is 2. The molecule has 1 fully saturated rings. The lowest BCUT2D eigenvalue weighted by atomic mass is 9.77. The second kappa shape index (κ2) is 19.4. The van der Waals surface area contributed by atoms with E-state index < -0.39 is 27.2 Å². The van der Waals surface area contributed by atoms with Gasteiger partial charge in [-0.05, 0) is 109 Å². The molecule has 2 aliphatic carbocycles. The number of aryl methyl sites for hydroxylation is 1. The molecule has 0 atom stereocenters. The van der Waals surface area contributed by atoms with E-state index in [4.69, 9.17) is 9.40 Å². The van der Waals surface area contributed by atoms with Crippen LogP contribution in [0, 0.1) is 5.92 Å². The van der Waals surface area contributed by atoms with Crippen molar-refractivity contribution in [2.45, 2.75) is 100 Å². The second-order valence-electron chi connectivity index (χ2n) is 15.8. The molecule has 9 nitrogen and oxygen atoms in total. The molecule has 11 heteroatoms. The Morgan fingerprint density at radius 2 is 1.53 bits per heavy atom. The summed E-state index contributed by atoms with van der Waals surface area (Å²) in [5.74, 6) is 0.720. The molecule has 7 rings (SSSR count). The van der Waals surface area contributed by atoms with Gasteiger partial charge < -0.3 is 15.1 Å². The highest BCUT2D eigenvalue weighted by atomic mass is 32.2. The molecule has 308 valence electrons. The van der Waals surface area contributed by atoms with Crippen LogP contribution in [-0.2, 0) is 16.5 Å². The van der Waals surface area contributed by atoms with Crippen molar-refractivity contribution in [1.29, 1.82) is 0 Å². The number of carbonyl (C=O) groups is 1. The average Bonchev–Trinajstić information content (AvgIpc) is 3.23. The summed E-state index contributed by atoms with van der Waals surface area (Å²) < 4.78 is 38.4. The highest BCUT2D eigenvalue weighted by Crippen LogP contribution is 2.40.